The SMILES string of the molecule is NC(=O)/C=C/c1cc(Cl)ccc1N. The molecule has 1 aromatic rings. The molecule has 0 fully saturated rings. The Kier molecular flexibility index (Phi) is 2.93. The Morgan fingerprint density at radius 3 is 2.77 bits per heavy atom. The minimum Gasteiger partial charge on any atom is -0.398 e. The number of hydrogen-bond donors (Lipinski definition) is 2. The molecule has 0 saturated heterocycles. The molecule has 0 saturated carbocycles. The van der Waals surface area contributed by atoms with Crippen LogP contribution in [-0.4, -0.2) is 5.91 Å². The fourth-order valence-corrected chi connectivity index (χ4v) is 1.04. The molecule has 0 atom stereocenters. The number of nitrogens with two attached hydrogens (primary N) is 2. The molecule has 0 aliphatic rings. The second kappa shape index (κ2) is 3.96. The van der Waals surface area contributed by atoms with Crippen molar-refractivity contribution in [2.45, 2.75) is 0 Å². The van der Waals surface area contributed by atoms with E-state index in [1.807, 2.05) is 0 Å². The lowest BCUT2D eigenvalue weighted by Gasteiger charge is -1.99. The predicted molar refractivity (Wildman–Crippen MR) is 54.1 cm³/mol. The molecular weight excluding hydrogens is 188 g/mol. The highest BCUT2D eigenvalue weighted by molar-refractivity contribution is 6.30. The van der Waals surface area contributed by atoms with Crippen molar-refractivity contribution in [2.24, 2.45) is 5.73 Å². The summed E-state index contributed by atoms with van der Waals surface area (Å²) in [7, 11) is 0. The van der Waals surface area contributed by atoms with E-state index in [1.54, 1.807) is 18.2 Å². The normalized spacial score (nSPS) is 10.5. The Morgan fingerprint density at radius 1 is 1.46 bits per heavy atom. The minimum atomic E-state index is -0.514. The maximum atomic E-state index is 10.4. The first-order valence-electron chi connectivity index (χ1n) is 3.62. The quantitative estimate of drug-likeness (QED) is 0.555. The van der Waals surface area contributed by atoms with Gasteiger partial charge < -0.3 is 11.5 Å². The standard InChI is InChI=1S/C9H9ClN2O/c10-7-2-3-8(11)6(5-7)1-4-9(12)13/h1-5H,11H2,(H2,12,13)/b4-1+. The third-order valence-corrected chi connectivity index (χ3v) is 1.71. The van der Waals surface area contributed by atoms with Crippen LogP contribution in [0.15, 0.2) is 24.3 Å². The zero-order valence-corrected chi connectivity index (χ0v) is 7.58. The smallest absolute Gasteiger partial charge is 0.241 e. The van der Waals surface area contributed by atoms with Gasteiger partial charge >= 0.3 is 0 Å². The summed E-state index contributed by atoms with van der Waals surface area (Å²) >= 11 is 5.73. The fraction of sp³-hybridized carbons (Fsp3) is 0. The summed E-state index contributed by atoms with van der Waals surface area (Å²) in [5.74, 6) is -0.514. The predicted octanol–water partition coefficient (Wildman–Crippen LogP) is 1.42. The Bertz CT molecular complexity index is 361. The first kappa shape index (κ1) is 9.61. The Hall–Kier alpha value is -1.48. The van der Waals surface area contributed by atoms with Crippen LogP contribution >= 0.6 is 11.6 Å². The van der Waals surface area contributed by atoms with E-state index in [-0.39, 0.29) is 0 Å². The molecule has 3 nitrogen and oxygen atoms in total. The van der Waals surface area contributed by atoms with Crippen LogP contribution in [0.4, 0.5) is 5.69 Å². The van der Waals surface area contributed by atoms with E-state index >= 15 is 0 Å². The summed E-state index contributed by atoms with van der Waals surface area (Å²) in [6.07, 6.45) is 2.77. The Labute approximate surface area is 81.0 Å². The van der Waals surface area contributed by atoms with Gasteiger partial charge in [0, 0.05) is 16.8 Å². The van der Waals surface area contributed by atoms with Crippen LogP contribution in [0.25, 0.3) is 6.08 Å². The zero-order valence-electron chi connectivity index (χ0n) is 6.83. The van der Waals surface area contributed by atoms with Crippen LogP contribution in [-0.2, 0) is 4.79 Å². The maximum Gasteiger partial charge on any atom is 0.241 e. The molecule has 0 aromatic heterocycles. The highest BCUT2D eigenvalue weighted by atomic mass is 35.5. The van der Waals surface area contributed by atoms with Gasteiger partial charge in [0.25, 0.3) is 0 Å². The van der Waals surface area contributed by atoms with Gasteiger partial charge in [-0.2, -0.15) is 0 Å². The molecule has 0 aliphatic carbocycles. The van der Waals surface area contributed by atoms with Crippen molar-refractivity contribution >= 4 is 29.3 Å². The van der Waals surface area contributed by atoms with E-state index in [0.29, 0.717) is 16.3 Å². The molecule has 0 aliphatic heterocycles. The van der Waals surface area contributed by atoms with Crippen LogP contribution in [0.1, 0.15) is 5.56 Å². The summed E-state index contributed by atoms with van der Waals surface area (Å²) < 4.78 is 0. The van der Waals surface area contributed by atoms with Crippen molar-refractivity contribution in [2.75, 3.05) is 5.73 Å². The molecule has 0 heterocycles. The average Bonchev–Trinajstić information content (AvgIpc) is 2.06. The van der Waals surface area contributed by atoms with Crippen molar-refractivity contribution in [3.05, 3.63) is 34.9 Å². The van der Waals surface area contributed by atoms with Gasteiger partial charge in [0.1, 0.15) is 0 Å². The number of primary amides is 1. The molecule has 0 spiro atoms. The second-order valence-electron chi connectivity index (χ2n) is 2.51. The van der Waals surface area contributed by atoms with Crippen LogP contribution in [0.2, 0.25) is 5.02 Å². The molecule has 1 aromatic carbocycles. The number of halogens is 1. The zero-order chi connectivity index (χ0) is 9.84. The third kappa shape index (κ3) is 2.80. The van der Waals surface area contributed by atoms with E-state index in [1.165, 1.54) is 12.2 Å². The van der Waals surface area contributed by atoms with Gasteiger partial charge in [-0.3, -0.25) is 4.79 Å². The number of carbonyl (C=O) groups excluding carboxylic acids is 1. The average molecular weight is 197 g/mol. The fourth-order valence-electron chi connectivity index (χ4n) is 0.862. The van der Waals surface area contributed by atoms with Gasteiger partial charge in [-0.1, -0.05) is 11.6 Å². The number of nitrogen functional groups attached to an aromatic ring is 1. The lowest BCUT2D eigenvalue weighted by molar-refractivity contribution is -0.113. The van der Waals surface area contributed by atoms with E-state index in [0.717, 1.165) is 0 Å². The monoisotopic (exact) mass is 196 g/mol. The lowest BCUT2D eigenvalue weighted by Crippen LogP contribution is -2.05. The minimum absolute atomic E-state index is 0.514. The third-order valence-electron chi connectivity index (χ3n) is 1.48. The Morgan fingerprint density at radius 2 is 2.15 bits per heavy atom. The summed E-state index contributed by atoms with van der Waals surface area (Å²) in [6, 6.07) is 5.01. The summed E-state index contributed by atoms with van der Waals surface area (Å²) in [5, 5.41) is 0.568. The molecule has 0 bridgehead atoms. The van der Waals surface area contributed by atoms with Gasteiger partial charge in [0.2, 0.25) is 5.91 Å². The van der Waals surface area contributed by atoms with Crippen LogP contribution in [0.3, 0.4) is 0 Å². The van der Waals surface area contributed by atoms with Crippen molar-refractivity contribution in [3.8, 4) is 0 Å². The molecule has 4 heteroatoms. The Balaban J connectivity index is 3.00. The van der Waals surface area contributed by atoms with E-state index in [9.17, 15) is 4.79 Å². The summed E-state index contributed by atoms with van der Waals surface area (Å²) in [6.45, 7) is 0. The van der Waals surface area contributed by atoms with Crippen LogP contribution in [0.5, 0.6) is 0 Å². The van der Waals surface area contributed by atoms with E-state index < -0.39 is 5.91 Å². The van der Waals surface area contributed by atoms with Crippen molar-refractivity contribution in [1.82, 2.24) is 0 Å². The first-order chi connectivity index (χ1) is 6.09. The van der Waals surface area contributed by atoms with Crippen LogP contribution < -0.4 is 11.5 Å². The molecule has 0 unspecified atom stereocenters. The molecule has 4 N–H and O–H groups in total. The van der Waals surface area contributed by atoms with Gasteiger partial charge in [0.15, 0.2) is 0 Å². The van der Waals surface area contributed by atoms with Crippen LogP contribution in [0, 0.1) is 0 Å². The molecule has 1 rings (SSSR count). The number of rotatable bonds is 2. The van der Waals surface area contributed by atoms with E-state index in [4.69, 9.17) is 23.1 Å². The molecule has 13 heavy (non-hydrogen) atoms. The molecular formula is C9H9ClN2O. The number of anilines is 1. The summed E-state index contributed by atoms with van der Waals surface area (Å²) in [5.41, 5.74) is 11.8. The topological polar surface area (TPSA) is 69.1 Å². The van der Waals surface area contributed by atoms with Gasteiger partial charge in [-0.05, 0) is 29.8 Å². The molecule has 68 valence electrons. The number of amides is 1. The van der Waals surface area contributed by atoms with E-state index in [2.05, 4.69) is 0 Å². The van der Waals surface area contributed by atoms with Crippen molar-refractivity contribution < 1.29 is 4.79 Å². The first-order valence-corrected chi connectivity index (χ1v) is 4.00. The highest BCUT2D eigenvalue weighted by Crippen LogP contribution is 2.18. The number of carbonyl (C=O) groups is 1. The van der Waals surface area contributed by atoms with Crippen molar-refractivity contribution in [1.29, 1.82) is 0 Å². The second-order valence-corrected chi connectivity index (χ2v) is 2.95. The highest BCUT2D eigenvalue weighted by Gasteiger charge is 1.96. The summed E-state index contributed by atoms with van der Waals surface area (Å²) in [4.78, 5) is 10.4. The molecule has 1 amide bonds. The maximum absolute atomic E-state index is 10.4. The van der Waals surface area contributed by atoms with Gasteiger partial charge in [-0.25, -0.2) is 0 Å². The number of benzene rings is 1. The van der Waals surface area contributed by atoms with Gasteiger partial charge in [-0.15, -0.1) is 0 Å². The van der Waals surface area contributed by atoms with Crippen molar-refractivity contribution in [3.63, 3.8) is 0 Å². The van der Waals surface area contributed by atoms with Gasteiger partial charge in [0.05, 0.1) is 0 Å². The lowest BCUT2D eigenvalue weighted by atomic mass is 10.1. The largest absolute Gasteiger partial charge is 0.398 e. The molecule has 0 radical (unpaired) electrons. The number of hydrogen-bond acceptors (Lipinski definition) is 2.